The second-order valence-electron chi connectivity index (χ2n) is 11.4. The normalized spacial score (nSPS) is 22.4. The molecular weight excluding hydrogens is 593 g/mol. The summed E-state index contributed by atoms with van der Waals surface area (Å²) in [6, 6.07) is 10.2. The van der Waals surface area contributed by atoms with Gasteiger partial charge in [-0.2, -0.15) is 0 Å². The molecule has 11 heteroatoms. The number of benzene rings is 2. The minimum absolute atomic E-state index is 0.117. The number of hydrogen-bond acceptors (Lipinski definition) is 6. The number of fused-ring (bicyclic) bond motifs is 1. The molecule has 3 fully saturated rings. The molecule has 0 bridgehead atoms. The van der Waals surface area contributed by atoms with Gasteiger partial charge in [-0.3, -0.25) is 29.4 Å². The van der Waals surface area contributed by atoms with E-state index >= 15 is 4.39 Å². The number of amides is 4. The van der Waals surface area contributed by atoms with Gasteiger partial charge in [-0.15, -0.1) is 0 Å². The van der Waals surface area contributed by atoms with E-state index in [1.807, 2.05) is 34.1 Å². The maximum atomic E-state index is 15.2. The van der Waals surface area contributed by atoms with Crippen LogP contribution in [0.5, 0.6) is 0 Å². The minimum atomic E-state index is -0.714. The smallest absolute Gasteiger partial charge is 0.255 e. The first-order chi connectivity index (χ1) is 19.8. The summed E-state index contributed by atoms with van der Waals surface area (Å²) >= 11 is 3.48. The van der Waals surface area contributed by atoms with Gasteiger partial charge in [0.15, 0.2) is 0 Å². The minimum Gasteiger partial charge on any atom is -0.369 e. The lowest BCUT2D eigenvalue weighted by atomic mass is 9.92. The molecule has 1 N–H and O–H groups in total. The highest BCUT2D eigenvalue weighted by molar-refractivity contribution is 9.10. The molecule has 2 aromatic carbocycles. The van der Waals surface area contributed by atoms with Gasteiger partial charge in [0.2, 0.25) is 17.7 Å². The number of anilines is 2. The molecule has 0 spiro atoms. The molecule has 3 saturated heterocycles. The molecule has 4 aliphatic heterocycles. The van der Waals surface area contributed by atoms with Gasteiger partial charge in [0.1, 0.15) is 11.9 Å². The third kappa shape index (κ3) is 5.74. The molecule has 4 heterocycles. The van der Waals surface area contributed by atoms with Crippen molar-refractivity contribution in [2.45, 2.75) is 44.7 Å². The van der Waals surface area contributed by atoms with Gasteiger partial charge in [-0.1, -0.05) is 22.0 Å². The Hall–Kier alpha value is -3.31. The molecule has 0 aromatic heterocycles. The van der Waals surface area contributed by atoms with Gasteiger partial charge >= 0.3 is 0 Å². The van der Waals surface area contributed by atoms with E-state index in [2.05, 4.69) is 26.1 Å². The lowest BCUT2D eigenvalue weighted by Crippen LogP contribution is -2.52. The number of piperidine rings is 2. The summed E-state index contributed by atoms with van der Waals surface area (Å²) in [5, 5.41) is 2.30. The first kappa shape index (κ1) is 27.8. The second kappa shape index (κ2) is 11.5. The van der Waals surface area contributed by atoms with Crippen LogP contribution in [0.1, 0.15) is 48.0 Å². The maximum absolute atomic E-state index is 15.2. The molecule has 0 saturated carbocycles. The van der Waals surface area contributed by atoms with Crippen LogP contribution in [0.25, 0.3) is 0 Å². The quantitative estimate of drug-likeness (QED) is 0.495. The number of piperazine rings is 1. The summed E-state index contributed by atoms with van der Waals surface area (Å²) in [5.41, 5.74) is 2.42. The van der Waals surface area contributed by atoms with Gasteiger partial charge < -0.3 is 14.7 Å². The number of rotatable bonds is 6. The molecule has 1 atom stereocenters. The summed E-state index contributed by atoms with van der Waals surface area (Å²) in [6.45, 7) is 4.48. The Balaban J connectivity index is 1.01. The molecule has 2 aromatic rings. The zero-order valence-electron chi connectivity index (χ0n) is 22.8. The van der Waals surface area contributed by atoms with Crippen molar-refractivity contribution in [1.82, 2.24) is 15.1 Å². The van der Waals surface area contributed by atoms with Crippen molar-refractivity contribution in [2.24, 2.45) is 5.92 Å². The van der Waals surface area contributed by atoms with Crippen molar-refractivity contribution in [3.63, 3.8) is 0 Å². The summed E-state index contributed by atoms with van der Waals surface area (Å²) in [6.07, 6.45) is 3.33. The summed E-state index contributed by atoms with van der Waals surface area (Å²) in [7, 11) is 0. The maximum Gasteiger partial charge on any atom is 0.255 e. The highest BCUT2D eigenvalue weighted by atomic mass is 79.9. The van der Waals surface area contributed by atoms with Crippen LogP contribution in [0.15, 0.2) is 40.9 Å². The van der Waals surface area contributed by atoms with E-state index in [1.165, 1.54) is 11.0 Å². The zero-order chi connectivity index (χ0) is 28.7. The van der Waals surface area contributed by atoms with Crippen molar-refractivity contribution in [3.8, 4) is 0 Å². The van der Waals surface area contributed by atoms with Gasteiger partial charge in [-0.05, 0) is 74.0 Å². The fourth-order valence-corrected chi connectivity index (χ4v) is 6.86. The topological polar surface area (TPSA) is 93.3 Å². The average Bonchev–Trinajstić information content (AvgIpc) is 3.26. The van der Waals surface area contributed by atoms with Crippen LogP contribution in [0.4, 0.5) is 15.8 Å². The predicted octanol–water partition coefficient (Wildman–Crippen LogP) is 3.30. The summed E-state index contributed by atoms with van der Waals surface area (Å²) in [4.78, 5) is 57.2. The van der Waals surface area contributed by atoms with Crippen LogP contribution in [-0.2, 0) is 20.9 Å². The Labute approximate surface area is 246 Å². The van der Waals surface area contributed by atoms with Gasteiger partial charge in [0.05, 0.1) is 12.2 Å². The molecule has 4 amide bonds. The van der Waals surface area contributed by atoms with E-state index in [-0.39, 0.29) is 37.1 Å². The Morgan fingerprint density at radius 1 is 0.951 bits per heavy atom. The number of hydrogen-bond donors (Lipinski definition) is 1. The Bertz CT molecular complexity index is 1390. The number of nitrogens with one attached hydrogen (secondary N) is 1. The van der Waals surface area contributed by atoms with E-state index in [9.17, 15) is 19.2 Å². The van der Waals surface area contributed by atoms with E-state index in [4.69, 9.17) is 0 Å². The van der Waals surface area contributed by atoms with Gasteiger partial charge in [-0.25, -0.2) is 4.39 Å². The van der Waals surface area contributed by atoms with Gasteiger partial charge in [0, 0.05) is 54.9 Å². The molecule has 0 aliphatic carbocycles. The molecule has 0 radical (unpaired) electrons. The average molecular weight is 627 g/mol. The van der Waals surface area contributed by atoms with E-state index in [1.54, 1.807) is 6.07 Å². The number of halogens is 2. The highest BCUT2D eigenvalue weighted by Gasteiger charge is 2.40. The van der Waals surface area contributed by atoms with E-state index in [0.717, 1.165) is 55.6 Å². The van der Waals surface area contributed by atoms with Crippen molar-refractivity contribution in [3.05, 3.63) is 57.8 Å². The van der Waals surface area contributed by atoms with Crippen LogP contribution in [0.3, 0.4) is 0 Å². The number of carbonyl (C=O) groups is 4. The fraction of sp³-hybridized carbons (Fsp3) is 0.467. The van der Waals surface area contributed by atoms with Crippen LogP contribution < -0.4 is 15.1 Å². The third-order valence-corrected chi connectivity index (χ3v) is 9.31. The molecular formula is C30H33BrFN5O4. The molecule has 4 aliphatic rings. The zero-order valence-corrected chi connectivity index (χ0v) is 24.4. The number of carbonyl (C=O) groups excluding carboxylic acids is 4. The van der Waals surface area contributed by atoms with E-state index < -0.39 is 17.8 Å². The number of imide groups is 1. The van der Waals surface area contributed by atoms with E-state index in [0.29, 0.717) is 35.8 Å². The third-order valence-electron chi connectivity index (χ3n) is 8.82. The summed E-state index contributed by atoms with van der Waals surface area (Å²) < 4.78 is 16.2. The van der Waals surface area contributed by atoms with Crippen LogP contribution in [-0.4, -0.2) is 78.7 Å². The first-order valence-electron chi connectivity index (χ1n) is 14.3. The number of nitrogens with zero attached hydrogens (tertiary/aromatic N) is 4. The van der Waals surface area contributed by atoms with Crippen LogP contribution in [0.2, 0.25) is 0 Å². The Morgan fingerprint density at radius 2 is 1.76 bits per heavy atom. The van der Waals surface area contributed by atoms with Gasteiger partial charge in [0.25, 0.3) is 5.91 Å². The fourth-order valence-electron chi connectivity index (χ4n) is 6.48. The molecule has 41 heavy (non-hydrogen) atoms. The SMILES string of the molecule is O=C1CCC(N2Cc3cc(N4CCC(CCN5CCN(c6cccc(Br)c6)C(=O)C5)CC4)c(F)cc3C2=O)C(=O)N1. The van der Waals surface area contributed by atoms with Crippen molar-refractivity contribution in [2.75, 3.05) is 49.1 Å². The predicted molar refractivity (Wildman–Crippen MR) is 155 cm³/mol. The molecule has 9 nitrogen and oxygen atoms in total. The Kier molecular flexibility index (Phi) is 7.82. The lowest BCUT2D eigenvalue weighted by molar-refractivity contribution is -0.137. The monoisotopic (exact) mass is 625 g/mol. The van der Waals surface area contributed by atoms with Crippen LogP contribution >= 0.6 is 15.9 Å². The first-order valence-corrected chi connectivity index (χ1v) is 15.1. The van der Waals surface area contributed by atoms with Crippen LogP contribution in [0, 0.1) is 11.7 Å². The van der Waals surface area contributed by atoms with Crippen molar-refractivity contribution >= 4 is 50.9 Å². The molecule has 216 valence electrons. The molecule has 1 unspecified atom stereocenters. The van der Waals surface area contributed by atoms with Crippen molar-refractivity contribution < 1.29 is 23.6 Å². The molecule has 6 rings (SSSR count). The lowest BCUT2D eigenvalue weighted by Gasteiger charge is -2.37. The second-order valence-corrected chi connectivity index (χ2v) is 12.3. The highest BCUT2D eigenvalue weighted by Crippen LogP contribution is 2.34. The Morgan fingerprint density at radius 3 is 2.49 bits per heavy atom. The summed E-state index contributed by atoms with van der Waals surface area (Å²) in [5.74, 6) is -0.977. The largest absolute Gasteiger partial charge is 0.369 e. The van der Waals surface area contributed by atoms with Crippen molar-refractivity contribution in [1.29, 1.82) is 0 Å². The standard InChI is InChI=1S/C30H33BrFN5O4/c31-21-2-1-3-22(15-21)36-13-12-34(18-28(36)39)9-6-19-7-10-35(11-8-19)26-14-20-17-37(30(41)23(20)16-24(26)32)25-4-5-27(38)33-29(25)40/h1-3,14-16,19,25H,4-13,17-18H2,(H,33,38,40).